The van der Waals surface area contributed by atoms with Crippen LogP contribution < -0.4 is 10.5 Å². The van der Waals surface area contributed by atoms with Crippen LogP contribution in [-0.2, 0) is 0 Å². The third kappa shape index (κ3) is 3.05. The van der Waals surface area contributed by atoms with E-state index in [-0.39, 0.29) is 16.6 Å². The van der Waals surface area contributed by atoms with Gasteiger partial charge in [-0.3, -0.25) is 5.41 Å². The Morgan fingerprint density at radius 3 is 2.63 bits per heavy atom. The molecule has 3 nitrogen and oxygen atoms in total. The first-order valence-electron chi connectivity index (χ1n) is 5.25. The minimum absolute atomic E-state index is 0.000854. The second-order valence-corrected chi connectivity index (χ2v) is 4.97. The van der Waals surface area contributed by atoms with Crippen LogP contribution in [0.2, 0.25) is 5.02 Å². The molecule has 98 valence electrons. The largest absolute Gasteiger partial charge is 0.455 e. The van der Waals surface area contributed by atoms with Crippen LogP contribution in [0.15, 0.2) is 40.9 Å². The molecule has 0 unspecified atom stereocenters. The van der Waals surface area contributed by atoms with Crippen molar-refractivity contribution in [3.05, 3.63) is 57.3 Å². The van der Waals surface area contributed by atoms with E-state index in [1.54, 1.807) is 24.3 Å². The highest BCUT2D eigenvalue weighted by Crippen LogP contribution is 2.34. The van der Waals surface area contributed by atoms with Crippen molar-refractivity contribution in [1.29, 1.82) is 5.41 Å². The molecular weight excluding hydrogens is 335 g/mol. The maximum absolute atomic E-state index is 13.4. The Bertz CT molecular complexity index is 649. The van der Waals surface area contributed by atoms with Crippen LogP contribution in [0.3, 0.4) is 0 Å². The SMILES string of the molecule is N=C(N)c1ccccc1Oc1cc(F)c(Cl)cc1Br. The second-order valence-electron chi connectivity index (χ2n) is 3.71. The fraction of sp³-hybridized carbons (Fsp3) is 0. The molecule has 2 aromatic carbocycles. The Morgan fingerprint density at radius 2 is 1.95 bits per heavy atom. The molecule has 0 saturated carbocycles. The van der Waals surface area contributed by atoms with E-state index in [4.69, 9.17) is 27.5 Å². The van der Waals surface area contributed by atoms with E-state index in [2.05, 4.69) is 15.9 Å². The molecule has 0 aromatic heterocycles. The van der Waals surface area contributed by atoms with Crippen molar-refractivity contribution in [1.82, 2.24) is 0 Å². The van der Waals surface area contributed by atoms with Crippen molar-refractivity contribution in [3.63, 3.8) is 0 Å². The maximum atomic E-state index is 13.4. The summed E-state index contributed by atoms with van der Waals surface area (Å²) in [6.45, 7) is 0. The monoisotopic (exact) mass is 342 g/mol. The molecule has 0 aliphatic heterocycles. The molecule has 0 radical (unpaired) electrons. The van der Waals surface area contributed by atoms with Gasteiger partial charge in [-0.25, -0.2) is 4.39 Å². The predicted octanol–water partition coefficient (Wildman–Crippen LogP) is 4.32. The van der Waals surface area contributed by atoms with E-state index in [9.17, 15) is 4.39 Å². The lowest BCUT2D eigenvalue weighted by Crippen LogP contribution is -2.12. The molecule has 3 N–H and O–H groups in total. The Labute approximate surface area is 122 Å². The Hall–Kier alpha value is -1.59. The summed E-state index contributed by atoms with van der Waals surface area (Å²) in [5.74, 6) is -0.0747. The summed E-state index contributed by atoms with van der Waals surface area (Å²) in [6.07, 6.45) is 0. The van der Waals surface area contributed by atoms with Gasteiger partial charge >= 0.3 is 0 Å². The molecule has 19 heavy (non-hydrogen) atoms. The highest BCUT2D eigenvalue weighted by molar-refractivity contribution is 9.10. The van der Waals surface area contributed by atoms with Crippen molar-refractivity contribution >= 4 is 33.4 Å². The van der Waals surface area contributed by atoms with Crippen LogP contribution in [0, 0.1) is 11.2 Å². The highest BCUT2D eigenvalue weighted by atomic mass is 79.9. The Balaban J connectivity index is 2.42. The molecule has 0 amide bonds. The van der Waals surface area contributed by atoms with Crippen LogP contribution in [0.4, 0.5) is 4.39 Å². The number of hydrogen-bond acceptors (Lipinski definition) is 2. The second kappa shape index (κ2) is 5.59. The van der Waals surface area contributed by atoms with Crippen LogP contribution in [0.25, 0.3) is 0 Å². The minimum Gasteiger partial charge on any atom is -0.455 e. The lowest BCUT2D eigenvalue weighted by atomic mass is 10.2. The molecule has 0 bridgehead atoms. The van der Waals surface area contributed by atoms with Gasteiger partial charge in [-0.2, -0.15) is 0 Å². The summed E-state index contributed by atoms with van der Waals surface area (Å²) in [5, 5.41) is 7.46. The molecule has 0 aliphatic carbocycles. The van der Waals surface area contributed by atoms with Gasteiger partial charge < -0.3 is 10.5 Å². The van der Waals surface area contributed by atoms with E-state index in [0.29, 0.717) is 15.8 Å². The molecule has 0 spiro atoms. The number of nitrogens with one attached hydrogen (secondary N) is 1. The normalized spacial score (nSPS) is 10.3. The molecule has 6 heteroatoms. The molecule has 0 heterocycles. The third-order valence-electron chi connectivity index (χ3n) is 2.37. The van der Waals surface area contributed by atoms with Gasteiger partial charge in [0, 0.05) is 6.07 Å². The first kappa shape index (κ1) is 13.8. The molecular formula is C13H9BrClFN2O. The topological polar surface area (TPSA) is 59.1 Å². The number of para-hydroxylation sites is 1. The van der Waals surface area contributed by atoms with Gasteiger partial charge in [-0.05, 0) is 34.1 Å². The fourth-order valence-electron chi connectivity index (χ4n) is 1.48. The smallest absolute Gasteiger partial charge is 0.145 e. The zero-order valence-electron chi connectivity index (χ0n) is 9.58. The van der Waals surface area contributed by atoms with Crippen molar-refractivity contribution in [3.8, 4) is 11.5 Å². The lowest BCUT2D eigenvalue weighted by molar-refractivity contribution is 0.472. The number of benzene rings is 2. The molecule has 2 rings (SSSR count). The zero-order chi connectivity index (χ0) is 14.0. The first-order chi connectivity index (χ1) is 8.99. The number of ether oxygens (including phenoxy) is 1. The van der Waals surface area contributed by atoms with Crippen molar-refractivity contribution in [2.45, 2.75) is 0 Å². The Kier molecular flexibility index (Phi) is 4.07. The average molecular weight is 344 g/mol. The van der Waals surface area contributed by atoms with Gasteiger partial charge in [0.25, 0.3) is 0 Å². The summed E-state index contributed by atoms with van der Waals surface area (Å²) in [7, 11) is 0. The van der Waals surface area contributed by atoms with Crippen LogP contribution >= 0.6 is 27.5 Å². The lowest BCUT2D eigenvalue weighted by Gasteiger charge is -2.11. The highest BCUT2D eigenvalue weighted by Gasteiger charge is 2.12. The zero-order valence-corrected chi connectivity index (χ0v) is 11.9. The van der Waals surface area contributed by atoms with Gasteiger partial charge in [-0.1, -0.05) is 23.7 Å². The molecule has 0 aliphatic rings. The number of rotatable bonds is 3. The van der Waals surface area contributed by atoms with Crippen molar-refractivity contribution < 1.29 is 9.13 Å². The van der Waals surface area contributed by atoms with E-state index >= 15 is 0 Å². The summed E-state index contributed by atoms with van der Waals surface area (Å²) >= 11 is 8.90. The van der Waals surface area contributed by atoms with Gasteiger partial charge in [0.05, 0.1) is 15.1 Å². The van der Waals surface area contributed by atoms with Crippen LogP contribution in [0.5, 0.6) is 11.5 Å². The average Bonchev–Trinajstić information content (AvgIpc) is 2.36. The summed E-state index contributed by atoms with van der Waals surface area (Å²) in [5.41, 5.74) is 5.89. The molecule has 2 aromatic rings. The summed E-state index contributed by atoms with van der Waals surface area (Å²) < 4.78 is 19.5. The molecule has 0 atom stereocenters. The number of amidine groups is 1. The standard InChI is InChI=1S/C13H9BrClFN2O/c14-8-5-9(15)10(16)6-12(8)19-11-4-2-1-3-7(11)13(17)18/h1-6H,(H3,17,18). The summed E-state index contributed by atoms with van der Waals surface area (Å²) in [6, 6.07) is 9.35. The van der Waals surface area contributed by atoms with Gasteiger partial charge in [-0.15, -0.1) is 0 Å². The first-order valence-corrected chi connectivity index (χ1v) is 6.42. The van der Waals surface area contributed by atoms with E-state index < -0.39 is 5.82 Å². The van der Waals surface area contributed by atoms with Gasteiger partial charge in [0.15, 0.2) is 0 Å². The number of nitrogen functional groups attached to an aromatic ring is 1. The molecule has 0 fully saturated rings. The van der Waals surface area contributed by atoms with Crippen LogP contribution in [-0.4, -0.2) is 5.84 Å². The number of halogens is 3. The van der Waals surface area contributed by atoms with Crippen molar-refractivity contribution in [2.75, 3.05) is 0 Å². The number of hydrogen-bond donors (Lipinski definition) is 2. The van der Waals surface area contributed by atoms with Crippen molar-refractivity contribution in [2.24, 2.45) is 5.73 Å². The summed E-state index contributed by atoms with van der Waals surface area (Å²) in [4.78, 5) is 0. The molecule has 0 saturated heterocycles. The fourth-order valence-corrected chi connectivity index (χ4v) is 2.20. The third-order valence-corrected chi connectivity index (χ3v) is 3.28. The Morgan fingerprint density at radius 1 is 1.26 bits per heavy atom. The van der Waals surface area contributed by atoms with Crippen LogP contribution in [0.1, 0.15) is 5.56 Å². The maximum Gasteiger partial charge on any atom is 0.145 e. The van der Waals surface area contributed by atoms with E-state index in [1.807, 2.05) is 0 Å². The minimum atomic E-state index is -0.583. The predicted molar refractivity (Wildman–Crippen MR) is 76.6 cm³/mol. The number of nitrogens with two attached hydrogens (primary N) is 1. The van der Waals surface area contributed by atoms with E-state index in [0.717, 1.165) is 0 Å². The quantitative estimate of drug-likeness (QED) is 0.495. The van der Waals surface area contributed by atoms with Gasteiger partial charge in [0.1, 0.15) is 23.2 Å². The van der Waals surface area contributed by atoms with Gasteiger partial charge in [0.2, 0.25) is 0 Å². The van der Waals surface area contributed by atoms with E-state index in [1.165, 1.54) is 12.1 Å².